The molecule has 1 aliphatic heterocycles. The van der Waals surface area contributed by atoms with Crippen molar-refractivity contribution in [3.05, 3.63) is 34.6 Å². The molecule has 1 aromatic carbocycles. The Labute approximate surface area is 112 Å². The van der Waals surface area contributed by atoms with Crippen molar-refractivity contribution in [1.29, 1.82) is 0 Å². The molecule has 2 atom stereocenters. The number of hydrogen-bond donors (Lipinski definition) is 1. The highest BCUT2D eigenvalue weighted by Crippen LogP contribution is 2.37. The van der Waals surface area contributed by atoms with Gasteiger partial charge in [0.05, 0.1) is 6.10 Å². The summed E-state index contributed by atoms with van der Waals surface area (Å²) < 4.78 is 18.8. The standard InChI is InChI=1S/C14H19ClFNO/c1-9(2)17-8-10-5-6-18-14(10)12-4-3-11(16)7-13(12)15/h3-4,7,9-10,14,17H,5-6,8H2,1-2H3. The van der Waals surface area contributed by atoms with E-state index in [0.29, 0.717) is 17.0 Å². The molecule has 2 rings (SSSR count). The predicted molar refractivity (Wildman–Crippen MR) is 71.3 cm³/mol. The maximum Gasteiger partial charge on any atom is 0.124 e. The normalized spacial score (nSPS) is 23.8. The van der Waals surface area contributed by atoms with Gasteiger partial charge in [-0.2, -0.15) is 0 Å². The van der Waals surface area contributed by atoms with Crippen LogP contribution in [0.15, 0.2) is 18.2 Å². The molecule has 1 heterocycles. The molecule has 1 aliphatic rings. The molecule has 2 unspecified atom stereocenters. The second kappa shape index (κ2) is 6.00. The van der Waals surface area contributed by atoms with E-state index in [1.807, 2.05) is 0 Å². The van der Waals surface area contributed by atoms with Crippen LogP contribution < -0.4 is 5.32 Å². The lowest BCUT2D eigenvalue weighted by atomic mass is 9.95. The average molecular weight is 272 g/mol. The molecule has 0 spiro atoms. The molecule has 1 saturated heterocycles. The molecule has 0 aromatic heterocycles. The first kappa shape index (κ1) is 13.8. The third-order valence-electron chi connectivity index (χ3n) is 3.27. The first-order chi connectivity index (χ1) is 8.58. The van der Waals surface area contributed by atoms with Gasteiger partial charge in [-0.05, 0) is 24.1 Å². The first-order valence-corrected chi connectivity index (χ1v) is 6.75. The summed E-state index contributed by atoms with van der Waals surface area (Å²) in [7, 11) is 0. The van der Waals surface area contributed by atoms with E-state index in [-0.39, 0.29) is 11.9 Å². The van der Waals surface area contributed by atoms with E-state index < -0.39 is 0 Å². The van der Waals surface area contributed by atoms with Crippen LogP contribution in [0.4, 0.5) is 4.39 Å². The molecule has 0 saturated carbocycles. The largest absolute Gasteiger partial charge is 0.373 e. The van der Waals surface area contributed by atoms with Crippen molar-refractivity contribution in [2.24, 2.45) is 5.92 Å². The Morgan fingerprint density at radius 2 is 2.28 bits per heavy atom. The summed E-state index contributed by atoms with van der Waals surface area (Å²) in [6, 6.07) is 4.98. The summed E-state index contributed by atoms with van der Waals surface area (Å²) in [4.78, 5) is 0. The first-order valence-electron chi connectivity index (χ1n) is 6.38. The molecule has 0 aliphatic carbocycles. The van der Waals surface area contributed by atoms with Gasteiger partial charge in [0.2, 0.25) is 0 Å². The summed E-state index contributed by atoms with van der Waals surface area (Å²) in [5, 5.41) is 3.88. The minimum atomic E-state index is -0.307. The van der Waals surface area contributed by atoms with Gasteiger partial charge < -0.3 is 10.1 Å². The summed E-state index contributed by atoms with van der Waals surface area (Å²) in [5.74, 6) is 0.0916. The number of rotatable bonds is 4. The van der Waals surface area contributed by atoms with Gasteiger partial charge in [-0.25, -0.2) is 4.39 Å². The maximum absolute atomic E-state index is 13.0. The Morgan fingerprint density at radius 1 is 1.50 bits per heavy atom. The van der Waals surface area contributed by atoms with E-state index in [9.17, 15) is 4.39 Å². The molecular weight excluding hydrogens is 253 g/mol. The van der Waals surface area contributed by atoms with Crippen LogP contribution in [0, 0.1) is 11.7 Å². The lowest BCUT2D eigenvalue weighted by Gasteiger charge is -2.21. The van der Waals surface area contributed by atoms with E-state index in [0.717, 1.165) is 25.1 Å². The molecule has 0 amide bonds. The second-order valence-corrected chi connectivity index (χ2v) is 5.48. The predicted octanol–water partition coefficient (Wildman–Crippen LogP) is 3.55. The van der Waals surface area contributed by atoms with Crippen LogP contribution in [0.2, 0.25) is 5.02 Å². The molecular formula is C14H19ClFNO. The summed E-state index contributed by atoms with van der Waals surface area (Å²) in [5.41, 5.74) is 0.895. The fraction of sp³-hybridized carbons (Fsp3) is 0.571. The zero-order chi connectivity index (χ0) is 13.1. The number of benzene rings is 1. The number of hydrogen-bond acceptors (Lipinski definition) is 2. The van der Waals surface area contributed by atoms with Gasteiger partial charge in [0.25, 0.3) is 0 Å². The molecule has 100 valence electrons. The van der Waals surface area contributed by atoms with Gasteiger partial charge in [0, 0.05) is 30.1 Å². The highest BCUT2D eigenvalue weighted by atomic mass is 35.5. The molecule has 1 aromatic rings. The third kappa shape index (κ3) is 3.22. The molecule has 18 heavy (non-hydrogen) atoms. The quantitative estimate of drug-likeness (QED) is 0.904. The molecule has 4 heteroatoms. The van der Waals surface area contributed by atoms with Gasteiger partial charge in [-0.3, -0.25) is 0 Å². The lowest BCUT2D eigenvalue weighted by Crippen LogP contribution is -2.30. The van der Waals surface area contributed by atoms with Crippen molar-refractivity contribution in [3.63, 3.8) is 0 Å². The van der Waals surface area contributed by atoms with Crippen LogP contribution in [-0.2, 0) is 4.74 Å². The monoisotopic (exact) mass is 271 g/mol. The van der Waals surface area contributed by atoms with Gasteiger partial charge in [-0.15, -0.1) is 0 Å². The van der Waals surface area contributed by atoms with Gasteiger partial charge >= 0.3 is 0 Å². The maximum atomic E-state index is 13.0. The molecule has 0 radical (unpaired) electrons. The van der Waals surface area contributed by atoms with Crippen molar-refractivity contribution in [1.82, 2.24) is 5.32 Å². The zero-order valence-corrected chi connectivity index (χ0v) is 11.5. The minimum absolute atomic E-state index is 0.0238. The smallest absolute Gasteiger partial charge is 0.124 e. The summed E-state index contributed by atoms with van der Waals surface area (Å²) in [6.07, 6.45) is 0.988. The van der Waals surface area contributed by atoms with E-state index in [1.165, 1.54) is 12.1 Å². The third-order valence-corrected chi connectivity index (χ3v) is 3.60. The van der Waals surface area contributed by atoms with E-state index in [4.69, 9.17) is 16.3 Å². The van der Waals surface area contributed by atoms with Crippen molar-refractivity contribution >= 4 is 11.6 Å². The SMILES string of the molecule is CC(C)NCC1CCOC1c1ccc(F)cc1Cl. The van der Waals surface area contributed by atoms with Crippen molar-refractivity contribution < 1.29 is 9.13 Å². The highest BCUT2D eigenvalue weighted by molar-refractivity contribution is 6.31. The Hall–Kier alpha value is -0.640. The van der Waals surface area contributed by atoms with E-state index in [1.54, 1.807) is 6.07 Å². The Bertz CT molecular complexity index is 411. The van der Waals surface area contributed by atoms with Crippen LogP contribution in [0.5, 0.6) is 0 Å². The van der Waals surface area contributed by atoms with Crippen molar-refractivity contribution in [2.45, 2.75) is 32.4 Å². The summed E-state index contributed by atoms with van der Waals surface area (Å²) in [6.45, 7) is 5.88. The fourth-order valence-electron chi connectivity index (χ4n) is 2.31. The van der Waals surface area contributed by atoms with Crippen LogP contribution in [-0.4, -0.2) is 19.2 Å². The second-order valence-electron chi connectivity index (χ2n) is 5.07. The van der Waals surface area contributed by atoms with Gasteiger partial charge in [-0.1, -0.05) is 31.5 Å². The fourth-order valence-corrected chi connectivity index (χ4v) is 2.58. The number of nitrogens with one attached hydrogen (secondary N) is 1. The molecule has 0 bridgehead atoms. The Kier molecular flexibility index (Phi) is 4.60. The average Bonchev–Trinajstić information content (AvgIpc) is 2.74. The zero-order valence-electron chi connectivity index (χ0n) is 10.7. The van der Waals surface area contributed by atoms with Crippen LogP contribution in [0.1, 0.15) is 31.9 Å². The molecule has 1 N–H and O–H groups in total. The van der Waals surface area contributed by atoms with Crippen LogP contribution >= 0.6 is 11.6 Å². The van der Waals surface area contributed by atoms with Crippen LogP contribution in [0.25, 0.3) is 0 Å². The summed E-state index contributed by atoms with van der Waals surface area (Å²) >= 11 is 6.10. The van der Waals surface area contributed by atoms with E-state index >= 15 is 0 Å². The van der Waals surface area contributed by atoms with Crippen molar-refractivity contribution in [3.8, 4) is 0 Å². The van der Waals surface area contributed by atoms with Crippen molar-refractivity contribution in [2.75, 3.05) is 13.2 Å². The molecule has 2 nitrogen and oxygen atoms in total. The lowest BCUT2D eigenvalue weighted by molar-refractivity contribution is 0.0901. The molecule has 1 fully saturated rings. The van der Waals surface area contributed by atoms with E-state index in [2.05, 4.69) is 19.2 Å². The minimum Gasteiger partial charge on any atom is -0.373 e. The van der Waals surface area contributed by atoms with Crippen LogP contribution in [0.3, 0.4) is 0 Å². The number of ether oxygens (including phenoxy) is 1. The van der Waals surface area contributed by atoms with Gasteiger partial charge in [0.1, 0.15) is 5.82 Å². The Morgan fingerprint density at radius 3 is 2.94 bits per heavy atom. The number of halogens is 2. The highest BCUT2D eigenvalue weighted by Gasteiger charge is 2.30. The topological polar surface area (TPSA) is 21.3 Å². The van der Waals surface area contributed by atoms with Gasteiger partial charge in [0.15, 0.2) is 0 Å². The Balaban J connectivity index is 2.10.